The molecule has 172 valence electrons. The highest BCUT2D eigenvalue weighted by atomic mass is 32.3. The van der Waals surface area contributed by atoms with Gasteiger partial charge in [-0.05, 0) is 0 Å². The van der Waals surface area contributed by atoms with Gasteiger partial charge in [0.1, 0.15) is 0 Å². The van der Waals surface area contributed by atoms with Crippen molar-refractivity contribution in [1.82, 2.24) is 0 Å². The fourth-order valence-electron chi connectivity index (χ4n) is 1.42. The monoisotopic (exact) mass is 506 g/mol. The quantitative estimate of drug-likeness (QED) is 0.189. The Bertz CT molecular complexity index is 817. The number of rotatable bonds is 2. The van der Waals surface area contributed by atoms with Gasteiger partial charge in [-0.2, -0.15) is 52.7 Å². The van der Waals surface area contributed by atoms with E-state index in [4.69, 9.17) is 5.53 Å². The Hall–Kier alpha value is -1.70. The van der Waals surface area contributed by atoms with Gasteiger partial charge in [0.25, 0.3) is 0 Å². The Balaban J connectivity index is 7.53. The van der Waals surface area contributed by atoms with Crippen molar-refractivity contribution in [2.45, 2.75) is 34.7 Å². The standard InChI is InChI=1S/C7F14N2O4S2/c8-2(4(10,11)12,5(13,14)15)28(24,25)1(23-22)29(26,27)3(9,6(16,17)18)7(19,20)21. The molecule has 0 atom stereocenters. The Morgan fingerprint density at radius 2 is 0.690 bits per heavy atom. The summed E-state index contributed by atoms with van der Waals surface area (Å²) in [5.74, 6) is 0. The molecule has 0 amide bonds. The number of hydrogen-bond donors (Lipinski definition) is 0. The highest BCUT2D eigenvalue weighted by Gasteiger charge is 2.89. The largest absolute Gasteiger partial charge is 0.502 e. The Morgan fingerprint density at radius 3 is 0.793 bits per heavy atom. The first-order valence-electron chi connectivity index (χ1n) is 5.55. The lowest BCUT2D eigenvalue weighted by atomic mass is 10.3. The maximum atomic E-state index is 13.6. The lowest BCUT2D eigenvalue weighted by Gasteiger charge is -2.30. The third kappa shape index (κ3) is 3.53. The molecule has 0 saturated carbocycles. The topological polar surface area (TPSA) is 105 Å². The molecule has 0 fully saturated rings. The molecule has 0 heterocycles. The zero-order chi connectivity index (χ0) is 24.3. The summed E-state index contributed by atoms with van der Waals surface area (Å²) < 4.78 is 216. The second kappa shape index (κ2) is 6.65. The number of alkyl halides is 14. The molecule has 0 aliphatic heterocycles. The molecule has 0 unspecified atom stereocenters. The van der Waals surface area contributed by atoms with Crippen LogP contribution in [0.4, 0.5) is 61.5 Å². The molecule has 22 heteroatoms. The van der Waals surface area contributed by atoms with Gasteiger partial charge < -0.3 is 5.53 Å². The van der Waals surface area contributed by atoms with E-state index in [0.29, 0.717) is 4.79 Å². The smallest absolute Gasteiger partial charge is 0.359 e. The van der Waals surface area contributed by atoms with Gasteiger partial charge in [0.2, 0.25) is 0 Å². The second-order valence-electron chi connectivity index (χ2n) is 4.55. The predicted octanol–water partition coefficient (Wildman–Crippen LogP) is 2.98. The Labute approximate surface area is 148 Å². The molecule has 0 radical (unpaired) electrons. The normalized spacial score (nSPS) is 15.8. The molecule has 29 heavy (non-hydrogen) atoms. The van der Waals surface area contributed by atoms with Crippen LogP contribution in [0.2, 0.25) is 0 Å². The molecular weight excluding hydrogens is 506 g/mol. The van der Waals surface area contributed by atoms with E-state index in [2.05, 4.69) is 0 Å². The van der Waals surface area contributed by atoms with Crippen LogP contribution in [0, 0.1) is 0 Å². The van der Waals surface area contributed by atoms with Gasteiger partial charge in [-0.3, -0.25) is 0 Å². The molecule has 0 rings (SSSR count). The fraction of sp³-hybridized carbons (Fsp3) is 0.857. The zero-order valence-electron chi connectivity index (χ0n) is 12.1. The maximum Gasteiger partial charge on any atom is 0.502 e. The third-order valence-electron chi connectivity index (χ3n) is 2.74. The second-order valence-corrected chi connectivity index (χ2v) is 8.72. The zero-order valence-corrected chi connectivity index (χ0v) is 13.8. The number of nitrogens with zero attached hydrogens (tertiary/aromatic N) is 2. The molecule has 0 aromatic rings. The lowest BCUT2D eigenvalue weighted by Crippen LogP contribution is -2.66. The molecule has 6 nitrogen and oxygen atoms in total. The molecule has 0 aromatic carbocycles. The summed E-state index contributed by atoms with van der Waals surface area (Å²) >= 11 is 0. The van der Waals surface area contributed by atoms with Crippen LogP contribution in [0.5, 0.6) is 0 Å². The van der Waals surface area contributed by atoms with Crippen molar-refractivity contribution in [3.05, 3.63) is 5.53 Å². The van der Waals surface area contributed by atoms with Gasteiger partial charge in [0, 0.05) is 0 Å². The van der Waals surface area contributed by atoms with Crippen LogP contribution in [-0.2, 0) is 19.7 Å². The summed E-state index contributed by atoms with van der Waals surface area (Å²) in [5, 5.41) is -15.9. The summed E-state index contributed by atoms with van der Waals surface area (Å²) in [4.78, 5) is 0.478. The van der Waals surface area contributed by atoms with Crippen molar-refractivity contribution >= 4 is 24.1 Å². The van der Waals surface area contributed by atoms with E-state index in [9.17, 15) is 78.3 Å². The fourth-order valence-corrected chi connectivity index (χ4v) is 5.18. The summed E-state index contributed by atoms with van der Waals surface area (Å²) in [7, 11) is -17.5. The van der Waals surface area contributed by atoms with E-state index in [1.807, 2.05) is 0 Å². The van der Waals surface area contributed by atoms with Gasteiger partial charge in [0.05, 0.1) is 0 Å². The van der Waals surface area contributed by atoms with E-state index in [1.165, 1.54) is 0 Å². The minimum Gasteiger partial charge on any atom is -0.359 e. The first kappa shape index (κ1) is 27.3. The van der Waals surface area contributed by atoms with Crippen LogP contribution in [-0.4, -0.2) is 60.7 Å². The minimum atomic E-state index is -8.73. The van der Waals surface area contributed by atoms with Crippen LogP contribution >= 0.6 is 0 Å². The van der Waals surface area contributed by atoms with Crippen LogP contribution in [0.15, 0.2) is 0 Å². The highest BCUT2D eigenvalue weighted by Crippen LogP contribution is 2.54. The predicted molar refractivity (Wildman–Crippen MR) is 58.4 cm³/mol. The van der Waals surface area contributed by atoms with Gasteiger partial charge in [0.15, 0.2) is 0 Å². The van der Waals surface area contributed by atoms with Crippen LogP contribution in [0.1, 0.15) is 0 Å². The third-order valence-corrected chi connectivity index (χ3v) is 7.55. The highest BCUT2D eigenvalue weighted by molar-refractivity contribution is 8.32. The molecule has 0 saturated heterocycles. The molecule has 0 aliphatic carbocycles. The molecule has 0 aliphatic rings. The average Bonchev–Trinajstić information content (AvgIpc) is 2.40. The summed E-state index contributed by atoms with van der Waals surface area (Å²) in [6, 6.07) is 0. The minimum absolute atomic E-state index is 0.478. The van der Waals surface area contributed by atoms with Crippen molar-refractivity contribution in [2.75, 3.05) is 0 Å². The molecule has 0 aromatic heterocycles. The van der Waals surface area contributed by atoms with Gasteiger partial charge in [-0.1, -0.05) is 0 Å². The Kier molecular flexibility index (Phi) is 6.26. The van der Waals surface area contributed by atoms with Crippen molar-refractivity contribution in [2.24, 2.45) is 0 Å². The van der Waals surface area contributed by atoms with E-state index in [0.717, 1.165) is 0 Å². The van der Waals surface area contributed by atoms with Crippen molar-refractivity contribution in [1.29, 1.82) is 0 Å². The van der Waals surface area contributed by atoms with Crippen LogP contribution in [0.3, 0.4) is 0 Å². The SMILES string of the molecule is [N-]=[N+]=C(S(=O)(=O)C(F)(C(F)(F)F)C(F)(F)F)S(=O)(=O)C(F)(C(F)(F)F)C(F)(F)F. The number of halogens is 14. The summed E-state index contributed by atoms with van der Waals surface area (Å²) in [5.41, 5.74) is 8.01. The van der Waals surface area contributed by atoms with E-state index in [1.54, 1.807) is 0 Å². The van der Waals surface area contributed by atoms with Gasteiger partial charge in [-0.25, -0.2) is 25.6 Å². The van der Waals surface area contributed by atoms with Crippen molar-refractivity contribution in [3.8, 4) is 0 Å². The first-order chi connectivity index (χ1) is 12.2. The van der Waals surface area contributed by atoms with Crippen LogP contribution < -0.4 is 0 Å². The van der Waals surface area contributed by atoms with E-state index >= 15 is 0 Å². The number of sulfone groups is 2. The summed E-state index contributed by atoms with van der Waals surface area (Å²) in [6.07, 6.45) is -31.3. The van der Waals surface area contributed by atoms with Crippen molar-refractivity contribution < 1.29 is 83.1 Å². The molecule has 0 spiro atoms. The first-order valence-corrected chi connectivity index (χ1v) is 8.52. The number of hydrogen-bond acceptors (Lipinski definition) is 4. The van der Waals surface area contributed by atoms with Gasteiger partial charge in [-0.15, -0.1) is 4.79 Å². The average molecular weight is 506 g/mol. The molecule has 0 N–H and O–H groups in total. The Morgan fingerprint density at radius 1 is 0.517 bits per heavy atom. The van der Waals surface area contributed by atoms with Gasteiger partial charge >= 0.3 is 58.8 Å². The lowest BCUT2D eigenvalue weighted by molar-refractivity contribution is -0.305. The van der Waals surface area contributed by atoms with Crippen molar-refractivity contribution in [3.63, 3.8) is 0 Å². The van der Waals surface area contributed by atoms with Crippen LogP contribution in [0.25, 0.3) is 5.53 Å². The summed E-state index contributed by atoms with van der Waals surface area (Å²) in [6.45, 7) is 0. The maximum absolute atomic E-state index is 13.6. The molecule has 0 bridgehead atoms. The van der Waals surface area contributed by atoms with E-state index < -0.39 is 58.8 Å². The molecular formula is C7F14N2O4S2. The van der Waals surface area contributed by atoms with E-state index in [-0.39, 0.29) is 0 Å².